The van der Waals surface area contributed by atoms with Gasteiger partial charge in [-0.3, -0.25) is 4.79 Å². The molecule has 0 radical (unpaired) electrons. The Morgan fingerprint density at radius 2 is 2.00 bits per heavy atom. The van der Waals surface area contributed by atoms with Crippen molar-refractivity contribution in [2.45, 2.75) is 13.0 Å². The van der Waals surface area contributed by atoms with Gasteiger partial charge in [0, 0.05) is 11.6 Å². The van der Waals surface area contributed by atoms with Crippen LogP contribution in [0.1, 0.15) is 12.5 Å². The van der Waals surface area contributed by atoms with Gasteiger partial charge in [-0.1, -0.05) is 17.7 Å². The molecule has 2 rings (SSSR count). The molecule has 1 unspecified atom stereocenters. The molecule has 128 valence electrons. The molecule has 1 amide bonds. The average Bonchev–Trinajstić information content (AvgIpc) is 2.62. The summed E-state index contributed by atoms with van der Waals surface area (Å²) >= 11 is 5.86. The van der Waals surface area contributed by atoms with Crippen LogP contribution in [0.25, 0.3) is 0 Å². The Labute approximate surface area is 151 Å². The number of amides is 1. The second kappa shape index (κ2) is 8.76. The largest absolute Gasteiger partial charge is 0.481 e. The van der Waals surface area contributed by atoms with Crippen molar-refractivity contribution in [1.82, 2.24) is 5.32 Å². The van der Waals surface area contributed by atoms with Crippen molar-refractivity contribution >= 4 is 17.5 Å². The fraction of sp³-hybridized carbons (Fsp3) is 0.158. The van der Waals surface area contributed by atoms with Crippen molar-refractivity contribution in [2.75, 3.05) is 6.54 Å². The highest BCUT2D eigenvalue weighted by Gasteiger charge is 2.13. The summed E-state index contributed by atoms with van der Waals surface area (Å²) < 4.78 is 11.3. The molecule has 1 N–H and O–H groups in total. The molecule has 0 fully saturated rings. The highest BCUT2D eigenvalue weighted by molar-refractivity contribution is 6.30. The van der Waals surface area contributed by atoms with Crippen molar-refractivity contribution in [1.29, 1.82) is 5.26 Å². The van der Waals surface area contributed by atoms with Crippen LogP contribution in [0.15, 0.2) is 55.1 Å². The first-order valence-corrected chi connectivity index (χ1v) is 7.94. The smallest absolute Gasteiger partial charge is 0.261 e. The van der Waals surface area contributed by atoms with E-state index in [-0.39, 0.29) is 5.91 Å². The van der Waals surface area contributed by atoms with E-state index < -0.39 is 6.10 Å². The van der Waals surface area contributed by atoms with Crippen LogP contribution < -0.4 is 14.8 Å². The zero-order chi connectivity index (χ0) is 18.2. The van der Waals surface area contributed by atoms with E-state index in [2.05, 4.69) is 11.9 Å². The molecule has 0 saturated heterocycles. The Morgan fingerprint density at radius 3 is 2.64 bits per heavy atom. The first-order valence-electron chi connectivity index (χ1n) is 7.56. The number of carbonyl (C=O) groups is 1. The molecular formula is C19H17ClN2O3. The summed E-state index contributed by atoms with van der Waals surface area (Å²) in [5, 5.41) is 12.3. The molecule has 0 spiro atoms. The van der Waals surface area contributed by atoms with Crippen molar-refractivity contribution in [3.63, 3.8) is 0 Å². The number of nitrogens with zero attached hydrogens (tertiary/aromatic N) is 1. The molecule has 6 heteroatoms. The molecule has 2 aromatic carbocycles. The molecule has 0 heterocycles. The predicted octanol–water partition coefficient (Wildman–Crippen LogP) is 4.07. The van der Waals surface area contributed by atoms with Crippen LogP contribution in [0.5, 0.6) is 17.2 Å². The Bertz CT molecular complexity index is 797. The van der Waals surface area contributed by atoms with Crippen LogP contribution >= 0.6 is 11.6 Å². The van der Waals surface area contributed by atoms with Crippen LogP contribution in [-0.2, 0) is 4.79 Å². The number of ether oxygens (including phenoxy) is 2. The summed E-state index contributed by atoms with van der Waals surface area (Å²) in [4.78, 5) is 11.8. The predicted molar refractivity (Wildman–Crippen MR) is 96.0 cm³/mol. The Balaban J connectivity index is 2.02. The van der Waals surface area contributed by atoms with Gasteiger partial charge >= 0.3 is 0 Å². The second-order valence-corrected chi connectivity index (χ2v) is 5.56. The van der Waals surface area contributed by atoms with E-state index >= 15 is 0 Å². The molecule has 0 aliphatic heterocycles. The highest BCUT2D eigenvalue weighted by Crippen LogP contribution is 2.28. The number of halogens is 1. The topological polar surface area (TPSA) is 71.3 Å². The summed E-state index contributed by atoms with van der Waals surface area (Å²) in [5.41, 5.74) is 0.348. The monoisotopic (exact) mass is 356 g/mol. The minimum atomic E-state index is -0.631. The third kappa shape index (κ3) is 5.27. The minimum absolute atomic E-state index is 0.222. The lowest BCUT2D eigenvalue weighted by Crippen LogP contribution is -2.36. The Hall–Kier alpha value is -2.97. The maximum absolute atomic E-state index is 11.8. The Morgan fingerprint density at radius 1 is 1.32 bits per heavy atom. The van der Waals surface area contributed by atoms with Gasteiger partial charge in [0.15, 0.2) is 6.10 Å². The summed E-state index contributed by atoms with van der Waals surface area (Å²) in [7, 11) is 0. The number of carbonyl (C=O) groups excluding carboxylic acids is 1. The number of nitriles is 1. The Kier molecular flexibility index (Phi) is 6.44. The lowest BCUT2D eigenvalue weighted by Gasteiger charge is -2.14. The maximum atomic E-state index is 11.8. The molecule has 0 saturated carbocycles. The van der Waals surface area contributed by atoms with E-state index in [0.717, 1.165) is 0 Å². The second-order valence-electron chi connectivity index (χ2n) is 5.12. The number of nitrogens with one attached hydrogen (secondary N) is 1. The highest BCUT2D eigenvalue weighted by atomic mass is 35.5. The fourth-order valence-electron chi connectivity index (χ4n) is 1.97. The molecule has 2 aromatic rings. The van der Waals surface area contributed by atoms with Crippen LogP contribution in [-0.4, -0.2) is 18.6 Å². The molecule has 0 aliphatic rings. The van der Waals surface area contributed by atoms with E-state index in [1.54, 1.807) is 49.4 Å². The van der Waals surface area contributed by atoms with Crippen molar-refractivity contribution < 1.29 is 14.3 Å². The molecular weight excluding hydrogens is 340 g/mol. The van der Waals surface area contributed by atoms with Gasteiger partial charge in [0.1, 0.15) is 23.3 Å². The fourth-order valence-corrected chi connectivity index (χ4v) is 2.14. The molecule has 0 aliphatic carbocycles. The number of hydrogen-bond acceptors (Lipinski definition) is 4. The number of hydrogen-bond donors (Lipinski definition) is 1. The van der Waals surface area contributed by atoms with Crippen molar-refractivity contribution in [2.24, 2.45) is 0 Å². The van der Waals surface area contributed by atoms with Crippen LogP contribution in [0.3, 0.4) is 0 Å². The molecule has 0 aromatic heterocycles. The van der Waals surface area contributed by atoms with Gasteiger partial charge < -0.3 is 14.8 Å². The zero-order valence-electron chi connectivity index (χ0n) is 13.7. The summed E-state index contributed by atoms with van der Waals surface area (Å²) in [5.74, 6) is 1.26. The normalized spacial score (nSPS) is 11.1. The lowest BCUT2D eigenvalue weighted by molar-refractivity contribution is -0.127. The SMILES string of the molecule is C=CCNC(=O)C(C)Oc1ccc(Oc2ccc(Cl)cc2C#N)cc1. The molecule has 5 nitrogen and oxygen atoms in total. The molecule has 25 heavy (non-hydrogen) atoms. The van der Waals surface area contributed by atoms with E-state index in [1.165, 1.54) is 6.07 Å². The lowest BCUT2D eigenvalue weighted by atomic mass is 10.2. The summed E-state index contributed by atoms with van der Waals surface area (Å²) in [6.07, 6.45) is 0.969. The molecule has 1 atom stereocenters. The maximum Gasteiger partial charge on any atom is 0.261 e. The van der Waals surface area contributed by atoms with E-state index in [9.17, 15) is 4.79 Å². The van der Waals surface area contributed by atoms with Crippen molar-refractivity contribution in [3.05, 3.63) is 65.7 Å². The minimum Gasteiger partial charge on any atom is -0.481 e. The van der Waals surface area contributed by atoms with Gasteiger partial charge in [-0.2, -0.15) is 5.26 Å². The third-order valence-corrected chi connectivity index (χ3v) is 3.45. The van der Waals surface area contributed by atoms with Gasteiger partial charge in [-0.15, -0.1) is 6.58 Å². The van der Waals surface area contributed by atoms with E-state index in [1.807, 2.05) is 6.07 Å². The van der Waals surface area contributed by atoms with Gasteiger partial charge in [0.05, 0.1) is 5.56 Å². The van der Waals surface area contributed by atoms with Gasteiger partial charge in [0.25, 0.3) is 5.91 Å². The number of benzene rings is 2. The van der Waals surface area contributed by atoms with Gasteiger partial charge in [-0.05, 0) is 49.4 Å². The standard InChI is InChI=1S/C19H17ClN2O3/c1-3-10-22-19(23)13(2)24-16-5-7-17(8-6-16)25-18-9-4-15(20)11-14(18)12-21/h3-9,11,13H,1,10H2,2H3,(H,22,23). The molecule has 0 bridgehead atoms. The average molecular weight is 357 g/mol. The third-order valence-electron chi connectivity index (χ3n) is 3.22. The zero-order valence-corrected chi connectivity index (χ0v) is 14.4. The first-order chi connectivity index (χ1) is 12.0. The first kappa shape index (κ1) is 18.4. The van der Waals surface area contributed by atoms with E-state index in [4.69, 9.17) is 26.3 Å². The van der Waals surface area contributed by atoms with E-state index in [0.29, 0.717) is 34.4 Å². The quantitative estimate of drug-likeness (QED) is 0.759. The van der Waals surface area contributed by atoms with Crippen LogP contribution in [0.2, 0.25) is 5.02 Å². The van der Waals surface area contributed by atoms with Crippen LogP contribution in [0, 0.1) is 11.3 Å². The summed E-state index contributed by atoms with van der Waals surface area (Å²) in [6, 6.07) is 13.6. The van der Waals surface area contributed by atoms with Crippen LogP contribution in [0.4, 0.5) is 0 Å². The number of rotatable bonds is 7. The van der Waals surface area contributed by atoms with Gasteiger partial charge in [0.2, 0.25) is 0 Å². The summed E-state index contributed by atoms with van der Waals surface area (Å²) in [6.45, 7) is 5.59. The van der Waals surface area contributed by atoms with Crippen molar-refractivity contribution in [3.8, 4) is 23.3 Å². The van der Waals surface area contributed by atoms with Gasteiger partial charge in [-0.25, -0.2) is 0 Å².